The number of ether oxygens (including phenoxy) is 2. The highest BCUT2D eigenvalue weighted by Crippen LogP contribution is 2.25. The van der Waals surface area contributed by atoms with Gasteiger partial charge in [-0.1, -0.05) is 0 Å². The second-order valence-corrected chi connectivity index (χ2v) is 11.0. The Hall–Kier alpha value is -4.82. The van der Waals surface area contributed by atoms with E-state index in [1.165, 1.54) is 0 Å². The number of hydrogen-bond acceptors (Lipinski definition) is 10. The number of urea groups is 1. The largest absolute Gasteiger partial charge is 0.378 e. The highest BCUT2D eigenvalue weighted by atomic mass is 16.5. The molecule has 3 aliphatic rings. The van der Waals surface area contributed by atoms with Crippen LogP contribution in [0.3, 0.4) is 0 Å². The first kappa shape index (κ1) is 30.2. The summed E-state index contributed by atoms with van der Waals surface area (Å²) in [6, 6.07) is 13.1. The summed E-state index contributed by atoms with van der Waals surface area (Å²) in [5, 5.41) is 8.25. The molecular formula is C31H37N9O5. The molecule has 4 amide bonds. The summed E-state index contributed by atoms with van der Waals surface area (Å²) in [5.41, 5.74) is 2.37. The van der Waals surface area contributed by atoms with Gasteiger partial charge in [0.15, 0.2) is 5.82 Å². The summed E-state index contributed by atoms with van der Waals surface area (Å²) >= 11 is 0. The van der Waals surface area contributed by atoms with E-state index in [1.54, 1.807) is 48.3 Å². The van der Waals surface area contributed by atoms with Crippen molar-refractivity contribution >= 4 is 41.1 Å². The first-order valence-electron chi connectivity index (χ1n) is 15.2. The van der Waals surface area contributed by atoms with Gasteiger partial charge in [-0.05, 0) is 61.4 Å². The average molecular weight is 616 g/mol. The number of hydrogen-bond donors (Lipinski definition) is 3. The lowest BCUT2D eigenvalue weighted by molar-refractivity contribution is -0.124. The zero-order chi connectivity index (χ0) is 31.2. The van der Waals surface area contributed by atoms with E-state index in [9.17, 15) is 14.4 Å². The molecule has 14 heteroatoms. The first-order valence-corrected chi connectivity index (χ1v) is 15.2. The van der Waals surface area contributed by atoms with E-state index in [1.807, 2.05) is 12.1 Å². The Bertz CT molecular complexity index is 1470. The van der Waals surface area contributed by atoms with Crippen molar-refractivity contribution in [1.82, 2.24) is 25.2 Å². The number of carbonyl (C=O) groups is 3. The maximum atomic E-state index is 13.0. The van der Waals surface area contributed by atoms with Crippen molar-refractivity contribution in [2.45, 2.75) is 18.9 Å². The van der Waals surface area contributed by atoms with E-state index in [-0.39, 0.29) is 11.8 Å². The van der Waals surface area contributed by atoms with Crippen molar-refractivity contribution < 1.29 is 23.9 Å². The molecule has 4 heterocycles. The van der Waals surface area contributed by atoms with Gasteiger partial charge in [0, 0.05) is 62.3 Å². The van der Waals surface area contributed by atoms with Crippen LogP contribution in [0.25, 0.3) is 11.4 Å². The molecule has 45 heavy (non-hydrogen) atoms. The second kappa shape index (κ2) is 13.9. The number of amides is 4. The molecular weight excluding hydrogens is 578 g/mol. The number of benzene rings is 2. The third kappa shape index (κ3) is 7.13. The van der Waals surface area contributed by atoms with Crippen LogP contribution in [-0.2, 0) is 14.3 Å². The van der Waals surface area contributed by atoms with E-state index < -0.39 is 12.1 Å². The number of morpholine rings is 2. The van der Waals surface area contributed by atoms with Gasteiger partial charge in [-0.15, -0.1) is 0 Å². The number of likely N-dealkylation sites (tertiary alicyclic amines) is 1. The first-order chi connectivity index (χ1) is 22.0. The molecule has 0 aliphatic carbocycles. The Morgan fingerprint density at radius 3 is 1.80 bits per heavy atom. The van der Waals surface area contributed by atoms with Gasteiger partial charge >= 0.3 is 6.03 Å². The molecule has 236 valence electrons. The molecule has 0 unspecified atom stereocenters. The maximum Gasteiger partial charge on any atom is 0.323 e. The fourth-order valence-electron chi connectivity index (χ4n) is 5.60. The Labute approximate surface area is 261 Å². The van der Waals surface area contributed by atoms with Gasteiger partial charge in [-0.25, -0.2) is 4.79 Å². The lowest BCUT2D eigenvalue weighted by Crippen LogP contribution is -2.44. The number of likely N-dealkylation sites (N-methyl/N-ethyl adjacent to an activating group) is 1. The van der Waals surface area contributed by atoms with Gasteiger partial charge in [-0.3, -0.25) is 9.59 Å². The summed E-state index contributed by atoms with van der Waals surface area (Å²) in [6.45, 7) is 5.86. The normalized spacial score (nSPS) is 18.4. The molecule has 2 aromatic carbocycles. The maximum absolute atomic E-state index is 13.0. The van der Waals surface area contributed by atoms with Crippen LogP contribution in [0.2, 0.25) is 0 Å². The van der Waals surface area contributed by atoms with Crippen LogP contribution in [0, 0.1) is 0 Å². The Morgan fingerprint density at radius 1 is 0.733 bits per heavy atom. The molecule has 6 rings (SSSR count). The van der Waals surface area contributed by atoms with Crippen molar-refractivity contribution in [3.8, 4) is 11.4 Å². The van der Waals surface area contributed by atoms with Crippen molar-refractivity contribution in [3.05, 3.63) is 54.1 Å². The van der Waals surface area contributed by atoms with Crippen LogP contribution in [-0.4, -0.2) is 110 Å². The van der Waals surface area contributed by atoms with Crippen molar-refractivity contribution in [2.75, 3.05) is 86.6 Å². The van der Waals surface area contributed by atoms with Crippen molar-refractivity contribution in [3.63, 3.8) is 0 Å². The Kier molecular flexibility index (Phi) is 9.31. The summed E-state index contributed by atoms with van der Waals surface area (Å²) in [7, 11) is 1.57. The smallest absolute Gasteiger partial charge is 0.323 e. The molecule has 3 aromatic rings. The monoisotopic (exact) mass is 615 g/mol. The summed E-state index contributed by atoms with van der Waals surface area (Å²) < 4.78 is 11.0. The fraction of sp³-hybridized carbons (Fsp3) is 0.419. The molecule has 0 saturated carbocycles. The number of anilines is 4. The molecule has 0 spiro atoms. The number of nitrogens with one attached hydrogen (secondary N) is 3. The van der Waals surface area contributed by atoms with Gasteiger partial charge in [0.2, 0.25) is 17.8 Å². The topological polar surface area (TPSA) is 154 Å². The molecule has 3 fully saturated rings. The third-order valence-corrected chi connectivity index (χ3v) is 8.05. The standard InChI is InChI=1S/C31H37N9O5/c1-32-27(41)25-3-2-12-40(25)28(42)22-6-10-24(11-7-22)34-31(43)33-23-8-4-21(5-9-23)26-35-29(38-13-17-44-18-14-38)37-30(36-26)39-15-19-45-20-16-39/h4-11,25H,2-3,12-20H2,1H3,(H,32,41)(H2,33,34,43)/t25-/m0/s1. The van der Waals surface area contributed by atoms with Crippen LogP contribution in [0.5, 0.6) is 0 Å². The zero-order valence-corrected chi connectivity index (χ0v) is 25.2. The van der Waals surface area contributed by atoms with Crippen molar-refractivity contribution in [1.29, 1.82) is 0 Å². The Balaban J connectivity index is 1.10. The summed E-state index contributed by atoms with van der Waals surface area (Å²) in [5.74, 6) is 1.42. The lowest BCUT2D eigenvalue weighted by atomic mass is 10.1. The van der Waals surface area contributed by atoms with Crippen LogP contribution in [0.4, 0.5) is 28.1 Å². The van der Waals surface area contributed by atoms with E-state index in [2.05, 4.69) is 25.8 Å². The van der Waals surface area contributed by atoms with Gasteiger partial charge in [0.25, 0.3) is 5.91 Å². The van der Waals surface area contributed by atoms with E-state index in [0.717, 1.165) is 12.0 Å². The Morgan fingerprint density at radius 2 is 1.27 bits per heavy atom. The molecule has 0 radical (unpaired) electrons. The average Bonchev–Trinajstić information content (AvgIpc) is 3.59. The molecule has 3 saturated heterocycles. The highest BCUT2D eigenvalue weighted by molar-refractivity contribution is 6.01. The molecule has 14 nitrogen and oxygen atoms in total. The molecule has 3 N–H and O–H groups in total. The lowest BCUT2D eigenvalue weighted by Gasteiger charge is -2.30. The molecule has 1 aromatic heterocycles. The van der Waals surface area contributed by atoms with Crippen molar-refractivity contribution in [2.24, 2.45) is 0 Å². The fourth-order valence-corrected chi connectivity index (χ4v) is 5.60. The number of rotatable bonds is 7. The van der Waals surface area contributed by atoms with Crippen LogP contribution in [0.1, 0.15) is 23.2 Å². The zero-order valence-electron chi connectivity index (χ0n) is 25.2. The van der Waals surface area contributed by atoms with E-state index in [0.29, 0.717) is 100 Å². The van der Waals surface area contributed by atoms with Crippen LogP contribution in [0.15, 0.2) is 48.5 Å². The minimum absolute atomic E-state index is 0.160. The van der Waals surface area contributed by atoms with Gasteiger partial charge < -0.3 is 40.1 Å². The second-order valence-electron chi connectivity index (χ2n) is 11.0. The van der Waals surface area contributed by atoms with Gasteiger partial charge in [-0.2, -0.15) is 15.0 Å². The SMILES string of the molecule is CNC(=O)[C@@H]1CCCN1C(=O)c1ccc(NC(=O)Nc2ccc(-c3nc(N4CCOCC4)nc(N4CCOCC4)n3)cc2)cc1. The molecule has 3 aliphatic heterocycles. The summed E-state index contributed by atoms with van der Waals surface area (Å²) in [4.78, 5) is 58.0. The minimum Gasteiger partial charge on any atom is -0.378 e. The van der Waals surface area contributed by atoms with Gasteiger partial charge in [0.05, 0.1) is 26.4 Å². The van der Waals surface area contributed by atoms with Crippen LogP contribution < -0.4 is 25.8 Å². The third-order valence-electron chi connectivity index (χ3n) is 8.05. The summed E-state index contributed by atoms with van der Waals surface area (Å²) in [6.07, 6.45) is 1.43. The number of carbonyl (C=O) groups excluding carboxylic acids is 3. The van der Waals surface area contributed by atoms with E-state index in [4.69, 9.17) is 24.4 Å². The molecule has 0 bridgehead atoms. The van der Waals surface area contributed by atoms with E-state index >= 15 is 0 Å². The number of nitrogens with zero attached hydrogens (tertiary/aromatic N) is 6. The predicted molar refractivity (Wildman–Crippen MR) is 169 cm³/mol. The highest BCUT2D eigenvalue weighted by Gasteiger charge is 2.34. The van der Waals surface area contributed by atoms with Crippen LogP contribution >= 0.6 is 0 Å². The molecule has 1 atom stereocenters. The quantitative estimate of drug-likeness (QED) is 0.361. The predicted octanol–water partition coefficient (Wildman–Crippen LogP) is 2.21. The van der Waals surface area contributed by atoms with Gasteiger partial charge in [0.1, 0.15) is 6.04 Å². The minimum atomic E-state index is -0.457. The number of aromatic nitrogens is 3.